The summed E-state index contributed by atoms with van der Waals surface area (Å²) in [7, 11) is 0. The van der Waals surface area contributed by atoms with Crippen LogP contribution in [-0.4, -0.2) is 10.1 Å². The predicted octanol–water partition coefficient (Wildman–Crippen LogP) is 3.39. The second-order valence-corrected chi connectivity index (χ2v) is 4.53. The quantitative estimate of drug-likeness (QED) is 0.796. The van der Waals surface area contributed by atoms with Gasteiger partial charge in [-0.25, -0.2) is 0 Å². The molecule has 1 N–H and O–H groups in total. The molecule has 3 rings (SSSR count). The van der Waals surface area contributed by atoms with E-state index in [4.69, 9.17) is 9.84 Å². The lowest BCUT2D eigenvalue weighted by Gasteiger charge is -2.10. The van der Waals surface area contributed by atoms with E-state index in [2.05, 4.69) is 11.1 Å². The fourth-order valence-corrected chi connectivity index (χ4v) is 2.13. The molecule has 1 aromatic heterocycles. The molecule has 4 nitrogen and oxygen atoms in total. The van der Waals surface area contributed by atoms with Crippen LogP contribution in [0, 0.1) is 11.3 Å². The van der Waals surface area contributed by atoms with Gasteiger partial charge in [-0.1, -0.05) is 12.1 Å². The first-order valence-electron chi connectivity index (χ1n) is 6.47. The van der Waals surface area contributed by atoms with E-state index in [9.17, 15) is 5.26 Å². The maximum Gasteiger partial charge on any atom is 0.145 e. The average Bonchev–Trinajstić information content (AvgIpc) is 2.55. The monoisotopic (exact) mass is 276 g/mol. The standard InChI is InChI=1S/C17H12N2O2/c18-10-13-9-12(11-20)6-7-16(13)21-17-5-1-4-15-14(17)3-2-8-19-15/h1-9,20H,11H2. The third kappa shape index (κ3) is 2.55. The Hall–Kier alpha value is -2.90. The Kier molecular flexibility index (Phi) is 3.50. The number of nitriles is 1. The van der Waals surface area contributed by atoms with Crippen molar-refractivity contribution in [1.82, 2.24) is 4.98 Å². The Morgan fingerprint density at radius 3 is 2.81 bits per heavy atom. The summed E-state index contributed by atoms with van der Waals surface area (Å²) < 4.78 is 5.87. The van der Waals surface area contributed by atoms with E-state index < -0.39 is 0 Å². The molecule has 0 aliphatic heterocycles. The zero-order valence-electron chi connectivity index (χ0n) is 11.2. The van der Waals surface area contributed by atoms with E-state index in [-0.39, 0.29) is 6.61 Å². The van der Waals surface area contributed by atoms with Crippen LogP contribution in [0.3, 0.4) is 0 Å². The highest BCUT2D eigenvalue weighted by Crippen LogP contribution is 2.31. The number of benzene rings is 2. The van der Waals surface area contributed by atoms with Crippen LogP contribution in [-0.2, 0) is 6.61 Å². The summed E-state index contributed by atoms with van der Waals surface area (Å²) in [4.78, 5) is 4.28. The summed E-state index contributed by atoms with van der Waals surface area (Å²) in [5.41, 5.74) is 1.90. The lowest BCUT2D eigenvalue weighted by molar-refractivity contribution is 0.281. The van der Waals surface area contributed by atoms with Crippen LogP contribution in [0.2, 0.25) is 0 Å². The number of aliphatic hydroxyl groups is 1. The van der Waals surface area contributed by atoms with E-state index in [1.807, 2.05) is 30.3 Å². The molecule has 0 radical (unpaired) electrons. The molecule has 0 unspecified atom stereocenters. The van der Waals surface area contributed by atoms with Gasteiger partial charge < -0.3 is 9.84 Å². The van der Waals surface area contributed by atoms with Crippen molar-refractivity contribution in [2.45, 2.75) is 6.61 Å². The van der Waals surface area contributed by atoms with Crippen molar-refractivity contribution in [2.75, 3.05) is 0 Å². The maximum absolute atomic E-state index is 9.21. The Morgan fingerprint density at radius 2 is 2.00 bits per heavy atom. The highest BCUT2D eigenvalue weighted by molar-refractivity contribution is 5.85. The molecule has 0 saturated heterocycles. The third-order valence-corrected chi connectivity index (χ3v) is 3.17. The van der Waals surface area contributed by atoms with Gasteiger partial charge >= 0.3 is 0 Å². The van der Waals surface area contributed by atoms with Gasteiger partial charge in [0.2, 0.25) is 0 Å². The maximum atomic E-state index is 9.21. The Morgan fingerprint density at radius 1 is 1.10 bits per heavy atom. The molecule has 0 aliphatic rings. The van der Waals surface area contributed by atoms with Crippen molar-refractivity contribution in [3.63, 3.8) is 0 Å². The molecule has 0 fully saturated rings. The van der Waals surface area contributed by atoms with Gasteiger partial charge in [-0.2, -0.15) is 5.26 Å². The zero-order valence-corrected chi connectivity index (χ0v) is 11.2. The van der Waals surface area contributed by atoms with Crippen LogP contribution >= 0.6 is 0 Å². The topological polar surface area (TPSA) is 66.1 Å². The van der Waals surface area contributed by atoms with Gasteiger partial charge in [-0.05, 0) is 42.0 Å². The van der Waals surface area contributed by atoms with Crippen LogP contribution in [0.5, 0.6) is 11.5 Å². The minimum Gasteiger partial charge on any atom is -0.455 e. The number of aliphatic hydroxyl groups excluding tert-OH is 1. The van der Waals surface area contributed by atoms with E-state index in [0.717, 1.165) is 10.9 Å². The lowest BCUT2D eigenvalue weighted by atomic mass is 10.1. The predicted molar refractivity (Wildman–Crippen MR) is 78.9 cm³/mol. The molecule has 0 saturated carbocycles. The molecule has 0 aliphatic carbocycles. The summed E-state index contributed by atoms with van der Waals surface area (Å²) in [6.45, 7) is -0.104. The normalized spacial score (nSPS) is 10.3. The minimum absolute atomic E-state index is 0.104. The summed E-state index contributed by atoms with van der Waals surface area (Å²) in [5.74, 6) is 1.11. The fourth-order valence-electron chi connectivity index (χ4n) is 2.13. The second-order valence-electron chi connectivity index (χ2n) is 4.53. The first-order chi connectivity index (χ1) is 10.3. The number of fused-ring (bicyclic) bond motifs is 1. The molecule has 4 heteroatoms. The van der Waals surface area contributed by atoms with Gasteiger partial charge in [0.25, 0.3) is 0 Å². The molecule has 102 valence electrons. The molecular weight excluding hydrogens is 264 g/mol. The van der Waals surface area contributed by atoms with Crippen LogP contribution in [0.1, 0.15) is 11.1 Å². The molecule has 0 atom stereocenters. The van der Waals surface area contributed by atoms with Crippen LogP contribution in [0.15, 0.2) is 54.7 Å². The molecule has 21 heavy (non-hydrogen) atoms. The van der Waals surface area contributed by atoms with Gasteiger partial charge in [-0.3, -0.25) is 4.98 Å². The molecular formula is C17H12N2O2. The highest BCUT2D eigenvalue weighted by Gasteiger charge is 2.08. The van der Waals surface area contributed by atoms with Gasteiger partial charge in [-0.15, -0.1) is 0 Å². The summed E-state index contributed by atoms with van der Waals surface area (Å²) in [5, 5.41) is 19.2. The molecule has 0 bridgehead atoms. The van der Waals surface area contributed by atoms with E-state index >= 15 is 0 Å². The van der Waals surface area contributed by atoms with E-state index in [1.54, 1.807) is 24.4 Å². The first-order valence-corrected chi connectivity index (χ1v) is 6.47. The average molecular weight is 276 g/mol. The number of hydrogen-bond acceptors (Lipinski definition) is 4. The first kappa shape index (κ1) is 13.1. The zero-order chi connectivity index (χ0) is 14.7. The molecule has 3 aromatic rings. The Balaban J connectivity index is 2.05. The Bertz CT molecular complexity index is 832. The number of hydrogen-bond donors (Lipinski definition) is 1. The van der Waals surface area contributed by atoms with Crippen molar-refractivity contribution in [3.8, 4) is 17.6 Å². The van der Waals surface area contributed by atoms with Crippen LogP contribution in [0.25, 0.3) is 10.9 Å². The number of nitrogens with zero attached hydrogens (tertiary/aromatic N) is 2. The number of aromatic nitrogens is 1. The summed E-state index contributed by atoms with van der Waals surface area (Å²) in [6, 6.07) is 16.5. The minimum atomic E-state index is -0.104. The fraction of sp³-hybridized carbons (Fsp3) is 0.0588. The molecule has 0 spiro atoms. The lowest BCUT2D eigenvalue weighted by Crippen LogP contribution is -1.92. The highest BCUT2D eigenvalue weighted by atomic mass is 16.5. The van der Waals surface area contributed by atoms with E-state index in [0.29, 0.717) is 22.6 Å². The van der Waals surface area contributed by atoms with Crippen LogP contribution < -0.4 is 4.74 Å². The van der Waals surface area contributed by atoms with Gasteiger partial charge in [0.15, 0.2) is 0 Å². The number of pyridine rings is 1. The second kappa shape index (κ2) is 5.61. The van der Waals surface area contributed by atoms with Gasteiger partial charge in [0.05, 0.1) is 17.7 Å². The van der Waals surface area contributed by atoms with Crippen molar-refractivity contribution < 1.29 is 9.84 Å². The molecule has 1 heterocycles. The van der Waals surface area contributed by atoms with Gasteiger partial charge in [0.1, 0.15) is 17.6 Å². The summed E-state index contributed by atoms with van der Waals surface area (Å²) >= 11 is 0. The van der Waals surface area contributed by atoms with Crippen molar-refractivity contribution in [1.29, 1.82) is 5.26 Å². The smallest absolute Gasteiger partial charge is 0.145 e. The van der Waals surface area contributed by atoms with Crippen LogP contribution in [0.4, 0.5) is 0 Å². The van der Waals surface area contributed by atoms with Crippen molar-refractivity contribution >= 4 is 10.9 Å². The largest absolute Gasteiger partial charge is 0.455 e. The number of rotatable bonds is 3. The van der Waals surface area contributed by atoms with Crippen molar-refractivity contribution in [3.05, 3.63) is 65.9 Å². The van der Waals surface area contributed by atoms with E-state index in [1.165, 1.54) is 0 Å². The van der Waals surface area contributed by atoms with Gasteiger partial charge in [0, 0.05) is 11.6 Å². The molecule has 0 amide bonds. The number of ether oxygens (including phenoxy) is 1. The van der Waals surface area contributed by atoms with Crippen molar-refractivity contribution in [2.24, 2.45) is 0 Å². The Labute approximate surface area is 121 Å². The third-order valence-electron chi connectivity index (χ3n) is 3.17. The SMILES string of the molecule is N#Cc1cc(CO)ccc1Oc1cccc2ncccc12. The molecule has 2 aromatic carbocycles. The summed E-state index contributed by atoms with van der Waals surface area (Å²) in [6.07, 6.45) is 1.73.